The molecule has 8 nitrogen and oxygen atoms in total. The Hall–Kier alpha value is -2.38. The van der Waals surface area contributed by atoms with E-state index in [1.54, 1.807) is 6.92 Å². The topological polar surface area (TPSA) is 106 Å². The molecular formula is C10H13N3O5. The van der Waals surface area contributed by atoms with E-state index in [2.05, 4.69) is 0 Å². The number of hydrogen-bond acceptors (Lipinski definition) is 4. The van der Waals surface area contributed by atoms with Crippen LogP contribution in [0.2, 0.25) is 0 Å². The summed E-state index contributed by atoms with van der Waals surface area (Å²) in [6.07, 6.45) is 0. The summed E-state index contributed by atoms with van der Waals surface area (Å²) in [5.74, 6) is -1.89. The number of amides is 1. The fourth-order valence-electron chi connectivity index (χ4n) is 1.55. The number of hydrogen-bond donors (Lipinski definition) is 1. The van der Waals surface area contributed by atoms with Gasteiger partial charge in [0, 0.05) is 12.6 Å². The molecule has 0 spiro atoms. The summed E-state index contributed by atoms with van der Waals surface area (Å²) >= 11 is 0. The molecule has 0 saturated carbocycles. The average molecular weight is 255 g/mol. The minimum atomic E-state index is -1.13. The van der Waals surface area contributed by atoms with Crippen LogP contribution in [0.3, 0.4) is 0 Å². The van der Waals surface area contributed by atoms with Crippen molar-refractivity contribution in [2.75, 3.05) is 13.1 Å². The smallest absolute Gasteiger partial charge is 0.323 e. The molecule has 1 rings (SSSR count). The van der Waals surface area contributed by atoms with E-state index in [-0.39, 0.29) is 18.1 Å². The molecule has 0 bridgehead atoms. The van der Waals surface area contributed by atoms with Crippen LogP contribution < -0.4 is 0 Å². The molecule has 1 aromatic rings. The van der Waals surface area contributed by atoms with Crippen LogP contribution in [0.5, 0.6) is 0 Å². The zero-order valence-electron chi connectivity index (χ0n) is 9.99. The molecule has 0 atom stereocenters. The number of carboxylic acids is 1. The molecule has 1 aromatic heterocycles. The highest BCUT2D eigenvalue weighted by Crippen LogP contribution is 2.16. The Kier molecular flexibility index (Phi) is 4.03. The normalized spacial score (nSPS) is 10.1. The fourth-order valence-corrected chi connectivity index (χ4v) is 1.55. The Morgan fingerprint density at radius 2 is 2.11 bits per heavy atom. The summed E-state index contributed by atoms with van der Waals surface area (Å²) in [5.41, 5.74) is 0.0878. The number of likely N-dealkylation sites (N-methyl/N-ethyl adjacent to an activating group) is 1. The molecule has 18 heavy (non-hydrogen) atoms. The third-order valence-corrected chi connectivity index (χ3v) is 2.50. The summed E-state index contributed by atoms with van der Waals surface area (Å²) in [6.45, 7) is 1.41. The van der Waals surface area contributed by atoms with Gasteiger partial charge < -0.3 is 20.1 Å². The predicted octanol–water partition coefficient (Wildman–Crippen LogP) is 0.480. The lowest BCUT2D eigenvalue weighted by Gasteiger charge is -2.17. The Bertz CT molecular complexity index is 494. The van der Waals surface area contributed by atoms with Crippen molar-refractivity contribution in [3.8, 4) is 0 Å². The molecule has 0 fully saturated rings. The number of nitrogens with zero attached hydrogens (tertiary/aromatic N) is 3. The first-order valence-corrected chi connectivity index (χ1v) is 5.19. The molecule has 1 heterocycles. The van der Waals surface area contributed by atoms with Gasteiger partial charge in [-0.15, -0.1) is 0 Å². The maximum Gasteiger partial charge on any atom is 0.323 e. The minimum Gasteiger partial charge on any atom is -0.480 e. The molecule has 0 aliphatic rings. The molecule has 98 valence electrons. The Morgan fingerprint density at radius 3 is 2.50 bits per heavy atom. The number of rotatable bonds is 5. The first-order valence-electron chi connectivity index (χ1n) is 5.19. The second kappa shape index (κ2) is 5.30. The van der Waals surface area contributed by atoms with Gasteiger partial charge in [0.2, 0.25) is 0 Å². The zero-order chi connectivity index (χ0) is 13.9. The lowest BCUT2D eigenvalue weighted by molar-refractivity contribution is -0.391. The van der Waals surface area contributed by atoms with Crippen molar-refractivity contribution in [3.05, 3.63) is 27.9 Å². The number of aliphatic carboxylic acids is 1. The Balaban J connectivity index is 3.02. The molecule has 1 N–H and O–H groups in total. The largest absolute Gasteiger partial charge is 0.480 e. The van der Waals surface area contributed by atoms with Crippen LogP contribution in [0.1, 0.15) is 17.4 Å². The van der Waals surface area contributed by atoms with E-state index in [0.717, 1.165) is 9.47 Å². The number of carbonyl (C=O) groups excluding carboxylic acids is 1. The fraction of sp³-hybridized carbons (Fsp3) is 0.400. The van der Waals surface area contributed by atoms with Gasteiger partial charge in [0.1, 0.15) is 6.54 Å². The van der Waals surface area contributed by atoms with Crippen LogP contribution in [0.15, 0.2) is 12.1 Å². The van der Waals surface area contributed by atoms with E-state index in [4.69, 9.17) is 5.11 Å². The first kappa shape index (κ1) is 13.7. The van der Waals surface area contributed by atoms with Crippen molar-refractivity contribution in [3.63, 3.8) is 0 Å². The maximum atomic E-state index is 12.0. The van der Waals surface area contributed by atoms with Gasteiger partial charge >= 0.3 is 11.8 Å². The lowest BCUT2D eigenvalue weighted by atomic mass is 10.3. The van der Waals surface area contributed by atoms with Gasteiger partial charge in [-0.2, -0.15) is 0 Å². The van der Waals surface area contributed by atoms with Crippen LogP contribution in [0, 0.1) is 10.1 Å². The van der Waals surface area contributed by atoms with E-state index >= 15 is 0 Å². The lowest BCUT2D eigenvalue weighted by Crippen LogP contribution is -2.36. The van der Waals surface area contributed by atoms with E-state index in [0.29, 0.717) is 0 Å². The monoisotopic (exact) mass is 255 g/mol. The molecule has 0 radical (unpaired) electrons. The van der Waals surface area contributed by atoms with Gasteiger partial charge in [-0.25, -0.2) is 4.57 Å². The SMILES string of the molecule is CCN(CC(=O)O)C(=O)c1ccc([N+](=O)[O-])n1C. The number of nitro groups is 1. The van der Waals surface area contributed by atoms with E-state index < -0.39 is 23.3 Å². The van der Waals surface area contributed by atoms with Gasteiger partial charge in [-0.1, -0.05) is 0 Å². The van der Waals surface area contributed by atoms with Crippen molar-refractivity contribution in [1.82, 2.24) is 9.47 Å². The number of carbonyl (C=O) groups is 2. The molecule has 0 aromatic carbocycles. The zero-order valence-corrected chi connectivity index (χ0v) is 9.99. The van der Waals surface area contributed by atoms with Crippen molar-refractivity contribution in [1.29, 1.82) is 0 Å². The second-order valence-electron chi connectivity index (χ2n) is 3.61. The van der Waals surface area contributed by atoms with Crippen LogP contribution >= 0.6 is 0 Å². The molecule has 8 heteroatoms. The highest BCUT2D eigenvalue weighted by Gasteiger charge is 2.25. The van der Waals surface area contributed by atoms with Crippen molar-refractivity contribution in [2.45, 2.75) is 6.92 Å². The van der Waals surface area contributed by atoms with Gasteiger partial charge in [-0.3, -0.25) is 9.59 Å². The summed E-state index contributed by atoms with van der Waals surface area (Å²) < 4.78 is 1.13. The highest BCUT2D eigenvalue weighted by molar-refractivity contribution is 5.95. The summed E-state index contributed by atoms with van der Waals surface area (Å²) in [4.78, 5) is 33.7. The van der Waals surface area contributed by atoms with Crippen LogP contribution in [-0.2, 0) is 11.8 Å². The van der Waals surface area contributed by atoms with Crippen molar-refractivity contribution >= 4 is 17.7 Å². The van der Waals surface area contributed by atoms with Crippen LogP contribution in [0.25, 0.3) is 0 Å². The quantitative estimate of drug-likeness (QED) is 0.608. The van der Waals surface area contributed by atoms with E-state index in [1.807, 2.05) is 0 Å². The molecule has 0 aliphatic heterocycles. The summed E-state index contributed by atoms with van der Waals surface area (Å²) in [7, 11) is 1.39. The highest BCUT2D eigenvalue weighted by atomic mass is 16.6. The third kappa shape index (κ3) is 2.65. The molecule has 0 saturated heterocycles. The van der Waals surface area contributed by atoms with Gasteiger partial charge in [0.05, 0.1) is 7.05 Å². The Morgan fingerprint density at radius 1 is 1.50 bits per heavy atom. The van der Waals surface area contributed by atoms with Crippen molar-refractivity contribution < 1.29 is 19.6 Å². The molecule has 0 aliphatic carbocycles. The van der Waals surface area contributed by atoms with Gasteiger partial charge in [-0.05, 0) is 17.9 Å². The average Bonchev–Trinajstić information content (AvgIpc) is 2.66. The number of aromatic nitrogens is 1. The molecular weight excluding hydrogens is 242 g/mol. The maximum absolute atomic E-state index is 12.0. The van der Waals surface area contributed by atoms with Crippen LogP contribution in [0.4, 0.5) is 5.82 Å². The Labute approximate surface area is 103 Å². The minimum absolute atomic E-state index is 0.0878. The standard InChI is InChI=1S/C10H13N3O5/c1-3-12(6-9(14)15)10(16)7-4-5-8(11(7)2)13(17)18/h4-5H,3,6H2,1-2H3,(H,14,15). The summed E-state index contributed by atoms with van der Waals surface area (Å²) in [6, 6.07) is 2.52. The second-order valence-corrected chi connectivity index (χ2v) is 3.61. The third-order valence-electron chi connectivity index (χ3n) is 2.50. The van der Waals surface area contributed by atoms with E-state index in [9.17, 15) is 19.7 Å². The molecule has 1 amide bonds. The van der Waals surface area contributed by atoms with Crippen molar-refractivity contribution in [2.24, 2.45) is 7.05 Å². The predicted molar refractivity (Wildman–Crippen MR) is 61.3 cm³/mol. The van der Waals surface area contributed by atoms with Gasteiger partial charge in [0.15, 0.2) is 5.69 Å². The van der Waals surface area contributed by atoms with Crippen LogP contribution in [-0.4, -0.2) is 44.5 Å². The van der Waals surface area contributed by atoms with E-state index in [1.165, 1.54) is 19.2 Å². The molecule has 0 unspecified atom stereocenters. The van der Waals surface area contributed by atoms with Gasteiger partial charge in [0.25, 0.3) is 5.91 Å². The number of carboxylic acid groups (broad SMARTS) is 1. The first-order chi connectivity index (χ1) is 8.38. The summed E-state index contributed by atoms with van der Waals surface area (Å²) in [5, 5.41) is 19.3.